The molecule has 2 fully saturated rings. The molecular weight excluding hydrogens is 334 g/mol. The summed E-state index contributed by atoms with van der Waals surface area (Å²) >= 11 is 0. The van der Waals surface area contributed by atoms with Crippen LogP contribution in [0.25, 0.3) is 0 Å². The molecule has 0 bridgehead atoms. The molecule has 0 radical (unpaired) electrons. The van der Waals surface area contributed by atoms with Gasteiger partial charge in [0, 0.05) is 12.8 Å². The van der Waals surface area contributed by atoms with Crippen LogP contribution in [0.3, 0.4) is 0 Å². The molecule has 1 aliphatic carbocycles. The van der Waals surface area contributed by atoms with Crippen LogP contribution in [0.5, 0.6) is 0 Å². The molecule has 0 N–H and O–H groups in total. The molecular formula is C20H33NO5. The van der Waals surface area contributed by atoms with Gasteiger partial charge in [0.1, 0.15) is 6.61 Å². The predicted octanol–water partition coefficient (Wildman–Crippen LogP) is 4.06. The van der Waals surface area contributed by atoms with Gasteiger partial charge in [0.15, 0.2) is 0 Å². The van der Waals surface area contributed by atoms with Crippen molar-refractivity contribution in [2.45, 2.75) is 102 Å². The standard InChI is InChI=1S/C20H33NO5/c22-18-14-15-19(23)21(18)26-20(24)16-25-17-12-10-8-6-4-2-1-3-5-7-9-11-13-17/h17H,1-16H2. The van der Waals surface area contributed by atoms with Crippen LogP contribution in [-0.4, -0.2) is 35.6 Å². The fourth-order valence-corrected chi connectivity index (χ4v) is 3.62. The molecule has 0 aromatic heterocycles. The highest BCUT2D eigenvalue weighted by molar-refractivity contribution is 6.01. The number of carbonyl (C=O) groups is 3. The zero-order valence-corrected chi connectivity index (χ0v) is 15.9. The molecule has 2 aliphatic rings. The minimum atomic E-state index is -0.673. The van der Waals surface area contributed by atoms with Crippen LogP contribution in [0.2, 0.25) is 0 Å². The van der Waals surface area contributed by atoms with Crippen LogP contribution in [-0.2, 0) is 24.0 Å². The number of nitrogens with zero attached hydrogens (tertiary/aromatic N) is 1. The lowest BCUT2D eigenvalue weighted by molar-refractivity contribution is -0.201. The summed E-state index contributed by atoms with van der Waals surface area (Å²) in [7, 11) is 0. The lowest BCUT2D eigenvalue weighted by Gasteiger charge is -2.19. The smallest absolute Gasteiger partial charge is 0.358 e. The Hall–Kier alpha value is -1.43. The van der Waals surface area contributed by atoms with Gasteiger partial charge in [0.05, 0.1) is 6.10 Å². The summed E-state index contributed by atoms with van der Waals surface area (Å²) in [6.07, 6.45) is 16.1. The summed E-state index contributed by atoms with van der Waals surface area (Å²) in [6.45, 7) is -0.207. The Morgan fingerprint density at radius 1 is 0.769 bits per heavy atom. The van der Waals surface area contributed by atoms with Crippen molar-refractivity contribution >= 4 is 17.8 Å². The van der Waals surface area contributed by atoms with E-state index in [9.17, 15) is 14.4 Å². The number of ether oxygens (including phenoxy) is 1. The van der Waals surface area contributed by atoms with Gasteiger partial charge in [-0.1, -0.05) is 70.6 Å². The Morgan fingerprint density at radius 2 is 1.19 bits per heavy atom. The zero-order chi connectivity index (χ0) is 18.6. The summed E-state index contributed by atoms with van der Waals surface area (Å²) in [6, 6.07) is 0. The Balaban J connectivity index is 1.71. The van der Waals surface area contributed by atoms with E-state index in [-0.39, 0.29) is 25.6 Å². The third-order valence-corrected chi connectivity index (χ3v) is 5.19. The van der Waals surface area contributed by atoms with Crippen LogP contribution in [0.15, 0.2) is 0 Å². The minimum absolute atomic E-state index is 0.0514. The topological polar surface area (TPSA) is 72.9 Å². The summed E-state index contributed by atoms with van der Waals surface area (Å²) in [4.78, 5) is 39.7. The van der Waals surface area contributed by atoms with Crippen LogP contribution in [0, 0.1) is 0 Å². The number of rotatable bonds is 4. The average Bonchev–Trinajstić information content (AvgIpc) is 2.94. The first-order chi connectivity index (χ1) is 12.7. The van der Waals surface area contributed by atoms with E-state index >= 15 is 0 Å². The molecule has 6 nitrogen and oxygen atoms in total. The first-order valence-corrected chi connectivity index (χ1v) is 10.3. The molecule has 2 amide bonds. The van der Waals surface area contributed by atoms with Crippen LogP contribution < -0.4 is 0 Å². The lowest BCUT2D eigenvalue weighted by atomic mass is 10.00. The summed E-state index contributed by atoms with van der Waals surface area (Å²) in [5.74, 6) is -1.59. The zero-order valence-electron chi connectivity index (χ0n) is 15.9. The molecule has 0 atom stereocenters. The molecule has 0 aromatic rings. The third-order valence-electron chi connectivity index (χ3n) is 5.19. The van der Waals surface area contributed by atoms with Crippen LogP contribution in [0.1, 0.15) is 96.3 Å². The molecule has 0 spiro atoms. The molecule has 1 aliphatic heterocycles. The molecule has 1 saturated heterocycles. The predicted molar refractivity (Wildman–Crippen MR) is 96.9 cm³/mol. The molecule has 1 saturated carbocycles. The highest BCUT2D eigenvalue weighted by Gasteiger charge is 2.32. The summed E-state index contributed by atoms with van der Waals surface area (Å²) in [5.41, 5.74) is 0. The van der Waals surface area contributed by atoms with Gasteiger partial charge >= 0.3 is 5.97 Å². The van der Waals surface area contributed by atoms with Gasteiger partial charge in [-0.2, -0.15) is 0 Å². The molecule has 2 rings (SSSR count). The van der Waals surface area contributed by atoms with Gasteiger partial charge in [-0.05, 0) is 12.8 Å². The Labute approximate surface area is 156 Å². The highest BCUT2D eigenvalue weighted by atomic mass is 16.7. The maximum atomic E-state index is 11.9. The van der Waals surface area contributed by atoms with E-state index in [1.807, 2.05) is 0 Å². The maximum Gasteiger partial charge on any atom is 0.358 e. The van der Waals surface area contributed by atoms with Crippen molar-refractivity contribution in [2.75, 3.05) is 6.61 Å². The third kappa shape index (κ3) is 7.85. The van der Waals surface area contributed by atoms with Crippen molar-refractivity contribution in [3.63, 3.8) is 0 Å². The number of hydroxylamine groups is 2. The Kier molecular flexibility index (Phi) is 9.67. The summed E-state index contributed by atoms with van der Waals surface area (Å²) < 4.78 is 5.76. The van der Waals surface area contributed by atoms with E-state index in [0.29, 0.717) is 5.06 Å². The number of carbonyl (C=O) groups excluding carboxylic acids is 3. The fraction of sp³-hybridized carbons (Fsp3) is 0.850. The number of hydrogen-bond acceptors (Lipinski definition) is 5. The van der Waals surface area contributed by atoms with Crippen molar-refractivity contribution in [3.05, 3.63) is 0 Å². The van der Waals surface area contributed by atoms with E-state index in [1.54, 1.807) is 0 Å². The van der Waals surface area contributed by atoms with Crippen molar-refractivity contribution in [1.29, 1.82) is 0 Å². The fourth-order valence-electron chi connectivity index (χ4n) is 3.62. The molecule has 0 unspecified atom stereocenters. The van der Waals surface area contributed by atoms with Gasteiger partial charge in [0.25, 0.3) is 11.8 Å². The van der Waals surface area contributed by atoms with Gasteiger partial charge < -0.3 is 9.57 Å². The molecule has 1 heterocycles. The SMILES string of the molecule is O=C(COC1CCCCCCCCCCCCC1)ON1C(=O)CCC1=O. The number of imide groups is 1. The second-order valence-electron chi connectivity index (χ2n) is 7.44. The highest BCUT2D eigenvalue weighted by Crippen LogP contribution is 2.19. The molecule has 6 heteroatoms. The number of amides is 2. The van der Waals surface area contributed by atoms with E-state index < -0.39 is 17.8 Å². The molecule has 0 aromatic carbocycles. The van der Waals surface area contributed by atoms with Gasteiger partial charge in [0.2, 0.25) is 0 Å². The van der Waals surface area contributed by atoms with Crippen molar-refractivity contribution in [1.82, 2.24) is 5.06 Å². The maximum absolute atomic E-state index is 11.9. The second-order valence-corrected chi connectivity index (χ2v) is 7.44. The largest absolute Gasteiger partial charge is 0.366 e. The van der Waals surface area contributed by atoms with Gasteiger partial charge in [-0.3, -0.25) is 9.59 Å². The van der Waals surface area contributed by atoms with Crippen molar-refractivity contribution in [2.24, 2.45) is 0 Å². The monoisotopic (exact) mass is 367 g/mol. The van der Waals surface area contributed by atoms with E-state index in [0.717, 1.165) is 25.7 Å². The van der Waals surface area contributed by atoms with Crippen molar-refractivity contribution in [3.8, 4) is 0 Å². The molecule has 148 valence electrons. The first kappa shape index (κ1) is 20.9. The van der Waals surface area contributed by atoms with Crippen LogP contribution in [0.4, 0.5) is 0 Å². The van der Waals surface area contributed by atoms with Gasteiger partial charge in [-0.15, -0.1) is 5.06 Å². The lowest BCUT2D eigenvalue weighted by Crippen LogP contribution is -2.34. The van der Waals surface area contributed by atoms with Crippen molar-refractivity contribution < 1.29 is 24.0 Å². The van der Waals surface area contributed by atoms with E-state index in [4.69, 9.17) is 9.57 Å². The Morgan fingerprint density at radius 3 is 1.65 bits per heavy atom. The quantitative estimate of drug-likeness (QED) is 0.701. The second kappa shape index (κ2) is 12.0. The molecule has 26 heavy (non-hydrogen) atoms. The van der Waals surface area contributed by atoms with E-state index in [2.05, 4.69) is 0 Å². The summed E-state index contributed by atoms with van der Waals surface area (Å²) in [5, 5.41) is 0.583. The first-order valence-electron chi connectivity index (χ1n) is 10.3. The average molecular weight is 367 g/mol. The normalized spacial score (nSPS) is 22.2. The van der Waals surface area contributed by atoms with Gasteiger partial charge in [-0.25, -0.2) is 4.79 Å². The Bertz CT molecular complexity index is 435. The minimum Gasteiger partial charge on any atom is -0.366 e. The van der Waals surface area contributed by atoms with Crippen LogP contribution >= 0.6 is 0 Å². The van der Waals surface area contributed by atoms with E-state index in [1.165, 1.54) is 57.8 Å². The number of hydrogen-bond donors (Lipinski definition) is 0.